The normalized spacial score (nSPS) is 15.6. The molecule has 0 bridgehead atoms. The van der Waals surface area contributed by atoms with Gasteiger partial charge in [0.25, 0.3) is 0 Å². The Morgan fingerprint density at radius 3 is 2.27 bits per heavy atom. The van der Waals surface area contributed by atoms with Crippen LogP contribution in [0.1, 0.15) is 27.2 Å². The summed E-state index contributed by atoms with van der Waals surface area (Å²) in [4.78, 5) is 21.3. The molecule has 0 aromatic carbocycles. The Hall–Kier alpha value is -0.613. The molecule has 88 valence electrons. The van der Waals surface area contributed by atoms with Crippen molar-refractivity contribution in [1.82, 2.24) is 0 Å². The van der Waals surface area contributed by atoms with Crippen LogP contribution in [0, 0.1) is 0 Å². The van der Waals surface area contributed by atoms with Gasteiger partial charge in [0.15, 0.2) is 8.32 Å². The maximum absolute atomic E-state index is 11.4. The van der Waals surface area contributed by atoms with Crippen molar-refractivity contribution < 1.29 is 14.3 Å². The van der Waals surface area contributed by atoms with Crippen molar-refractivity contribution in [2.24, 2.45) is 0 Å². The van der Waals surface area contributed by atoms with Crippen molar-refractivity contribution in [2.75, 3.05) is 0 Å². The van der Waals surface area contributed by atoms with Crippen molar-refractivity contribution in [3.63, 3.8) is 0 Å². The summed E-state index contributed by atoms with van der Waals surface area (Å²) in [7, 11) is -2.22. The van der Waals surface area contributed by atoms with E-state index in [1.54, 1.807) is 6.92 Å². The van der Waals surface area contributed by atoms with Crippen LogP contribution < -0.4 is 0 Å². The van der Waals surface area contributed by atoms with E-state index in [2.05, 4.69) is 6.58 Å². The highest BCUT2D eigenvalue weighted by Gasteiger charge is 2.34. The van der Waals surface area contributed by atoms with Gasteiger partial charge < -0.3 is 9.53 Å². The number of hydrogen-bond acceptors (Lipinski definition) is 3. The molecule has 1 unspecified atom stereocenters. The lowest BCUT2D eigenvalue weighted by Gasteiger charge is -2.32. The maximum Gasteiger partial charge on any atom is 0.333 e. The van der Waals surface area contributed by atoms with Gasteiger partial charge in [-0.05, 0) is 33.4 Å². The molecule has 15 heavy (non-hydrogen) atoms. The van der Waals surface area contributed by atoms with Crippen LogP contribution in [0.15, 0.2) is 12.2 Å². The smallest absolute Gasteiger partial charge is 0.333 e. The number of carbonyl (C=O) groups excluding carboxylic acids is 1. The van der Waals surface area contributed by atoms with E-state index in [1.165, 1.54) is 0 Å². The van der Waals surface area contributed by atoms with E-state index >= 15 is 0 Å². The largest absolute Gasteiger partial charge is 0.456 e. The Kier molecular flexibility index (Phi) is 4.74. The van der Waals surface area contributed by atoms with Gasteiger partial charge in [-0.2, -0.15) is 0 Å². The van der Waals surface area contributed by atoms with Gasteiger partial charge in [-0.1, -0.05) is 13.5 Å². The molecule has 0 aromatic heterocycles. The summed E-state index contributed by atoms with van der Waals surface area (Å²) in [5.74, 6) is -0.377. The Morgan fingerprint density at radius 2 is 2.00 bits per heavy atom. The minimum Gasteiger partial charge on any atom is -0.456 e. The zero-order valence-electron chi connectivity index (χ0n) is 10.4. The predicted molar refractivity (Wildman–Crippen MR) is 64.1 cm³/mol. The van der Waals surface area contributed by atoms with Gasteiger partial charge in [-0.15, -0.1) is 0 Å². The summed E-state index contributed by atoms with van der Waals surface area (Å²) in [6.07, 6.45) is 0.697. The van der Waals surface area contributed by atoms with Gasteiger partial charge in [0, 0.05) is 11.6 Å². The number of esters is 1. The van der Waals surface area contributed by atoms with Gasteiger partial charge in [-0.25, -0.2) is 4.79 Å². The minimum atomic E-state index is -2.22. The molecular weight excluding hydrogens is 208 g/mol. The summed E-state index contributed by atoms with van der Waals surface area (Å²) >= 11 is 0. The Balaban J connectivity index is 4.58. The van der Waals surface area contributed by atoms with E-state index in [1.807, 2.05) is 26.9 Å². The first kappa shape index (κ1) is 14.4. The summed E-state index contributed by atoms with van der Waals surface area (Å²) in [5.41, 5.74) is -0.173. The molecule has 3 nitrogen and oxygen atoms in total. The van der Waals surface area contributed by atoms with E-state index in [0.717, 1.165) is 0 Å². The van der Waals surface area contributed by atoms with Crippen molar-refractivity contribution >= 4 is 14.3 Å². The average molecular weight is 230 g/mol. The molecule has 0 aliphatic carbocycles. The first-order valence-corrected chi connectivity index (χ1v) is 8.36. The van der Waals surface area contributed by atoms with E-state index in [9.17, 15) is 9.59 Å². The standard InChI is InChI=1S/C11H22O3Si/c1-7-11(4,8-15(5,6)13)14-10(12)9(2)3/h13H,2,7-8H2,1,3-6H3. The van der Waals surface area contributed by atoms with Crippen LogP contribution in [-0.2, 0) is 9.53 Å². The van der Waals surface area contributed by atoms with Crippen LogP contribution in [0.3, 0.4) is 0 Å². The highest BCUT2D eigenvalue weighted by Crippen LogP contribution is 2.27. The SMILES string of the molecule is C=C(C)C(=O)OC(C)(CC)C[Si](C)(C)O. The highest BCUT2D eigenvalue weighted by atomic mass is 28.4. The Bertz CT molecular complexity index is 255. The molecule has 0 aromatic rings. The number of carbonyl (C=O) groups is 1. The molecule has 0 saturated heterocycles. The fourth-order valence-electron chi connectivity index (χ4n) is 1.46. The molecule has 0 saturated carbocycles. The van der Waals surface area contributed by atoms with Gasteiger partial charge >= 0.3 is 5.97 Å². The summed E-state index contributed by atoms with van der Waals surface area (Å²) in [6, 6.07) is 0.551. The van der Waals surface area contributed by atoms with E-state index in [4.69, 9.17) is 4.74 Å². The molecule has 4 heteroatoms. The number of ether oxygens (including phenoxy) is 1. The van der Waals surface area contributed by atoms with Crippen molar-refractivity contribution in [2.45, 2.75) is 51.9 Å². The average Bonchev–Trinajstić information content (AvgIpc) is 2.00. The second kappa shape index (κ2) is 4.94. The molecule has 0 amide bonds. The molecule has 0 aliphatic rings. The zero-order chi connectivity index (χ0) is 12.3. The van der Waals surface area contributed by atoms with Gasteiger partial charge in [-0.3, -0.25) is 0 Å². The van der Waals surface area contributed by atoms with Crippen LogP contribution in [-0.4, -0.2) is 24.7 Å². The third-order valence-corrected chi connectivity index (χ3v) is 3.86. The Labute approximate surface area is 93.3 Å². The quantitative estimate of drug-likeness (QED) is 0.448. The monoisotopic (exact) mass is 230 g/mol. The number of rotatable bonds is 5. The fraction of sp³-hybridized carbons (Fsp3) is 0.727. The predicted octanol–water partition coefficient (Wildman–Crippen LogP) is 2.47. The van der Waals surface area contributed by atoms with Crippen molar-refractivity contribution in [3.05, 3.63) is 12.2 Å². The zero-order valence-corrected chi connectivity index (χ0v) is 11.4. The van der Waals surface area contributed by atoms with E-state index < -0.39 is 13.9 Å². The summed E-state index contributed by atoms with van der Waals surface area (Å²) in [5, 5.41) is 0. The number of hydrogen-bond donors (Lipinski definition) is 1. The van der Waals surface area contributed by atoms with Crippen LogP contribution in [0.25, 0.3) is 0 Å². The van der Waals surface area contributed by atoms with Gasteiger partial charge in [0.1, 0.15) is 5.60 Å². The lowest BCUT2D eigenvalue weighted by atomic mass is 10.1. The van der Waals surface area contributed by atoms with Crippen molar-refractivity contribution in [3.8, 4) is 0 Å². The molecule has 0 aliphatic heterocycles. The van der Waals surface area contributed by atoms with Crippen LogP contribution in [0.2, 0.25) is 19.1 Å². The molecule has 1 N–H and O–H groups in total. The second-order valence-corrected chi connectivity index (χ2v) is 8.94. The second-order valence-electron chi connectivity index (χ2n) is 4.96. The first-order chi connectivity index (χ1) is 6.59. The first-order valence-electron chi connectivity index (χ1n) is 5.21. The lowest BCUT2D eigenvalue weighted by Crippen LogP contribution is -2.41. The topological polar surface area (TPSA) is 46.5 Å². The molecule has 0 spiro atoms. The highest BCUT2D eigenvalue weighted by molar-refractivity contribution is 6.70. The maximum atomic E-state index is 11.4. The molecule has 0 heterocycles. The van der Waals surface area contributed by atoms with E-state index in [-0.39, 0.29) is 5.97 Å². The Morgan fingerprint density at radius 1 is 1.53 bits per heavy atom. The summed E-state index contributed by atoms with van der Waals surface area (Å²) in [6.45, 7) is 12.7. The van der Waals surface area contributed by atoms with Crippen molar-refractivity contribution in [1.29, 1.82) is 0 Å². The molecular formula is C11H22O3Si. The summed E-state index contributed by atoms with van der Waals surface area (Å²) < 4.78 is 5.36. The molecule has 0 rings (SSSR count). The third-order valence-electron chi connectivity index (χ3n) is 2.24. The molecule has 1 atom stereocenters. The van der Waals surface area contributed by atoms with Crippen LogP contribution in [0.4, 0.5) is 0 Å². The fourth-order valence-corrected chi connectivity index (χ4v) is 3.61. The molecule has 0 fully saturated rings. The van der Waals surface area contributed by atoms with E-state index in [0.29, 0.717) is 18.0 Å². The lowest BCUT2D eigenvalue weighted by molar-refractivity contribution is -0.151. The van der Waals surface area contributed by atoms with Crippen LogP contribution in [0.5, 0.6) is 0 Å². The van der Waals surface area contributed by atoms with Gasteiger partial charge in [0.2, 0.25) is 0 Å². The van der Waals surface area contributed by atoms with Crippen LogP contribution >= 0.6 is 0 Å². The molecule has 0 radical (unpaired) electrons. The minimum absolute atomic E-state index is 0.377. The third kappa shape index (κ3) is 5.74. The van der Waals surface area contributed by atoms with Gasteiger partial charge in [0.05, 0.1) is 0 Å².